The Bertz CT molecular complexity index is 1450. The maximum atomic E-state index is 14.1. The van der Waals surface area contributed by atoms with Crippen LogP contribution in [-0.2, 0) is 26.2 Å². The van der Waals surface area contributed by atoms with E-state index in [1.165, 1.54) is 35.2 Å². The molecule has 0 aliphatic carbocycles. The van der Waals surface area contributed by atoms with Gasteiger partial charge >= 0.3 is 0 Å². The summed E-state index contributed by atoms with van der Waals surface area (Å²) in [4.78, 5) is 28.7. The Morgan fingerprint density at radius 3 is 2.24 bits per heavy atom. The number of benzene rings is 3. The van der Waals surface area contributed by atoms with Crippen molar-refractivity contribution in [2.75, 3.05) is 17.4 Å². The quantitative estimate of drug-likeness (QED) is 0.243. The highest BCUT2D eigenvalue weighted by Gasteiger charge is 2.34. The van der Waals surface area contributed by atoms with Crippen LogP contribution in [0.1, 0.15) is 49.8 Å². The van der Waals surface area contributed by atoms with Gasteiger partial charge in [-0.2, -0.15) is 0 Å². The van der Waals surface area contributed by atoms with E-state index in [0.717, 1.165) is 22.7 Å². The van der Waals surface area contributed by atoms with E-state index < -0.39 is 34.3 Å². The highest BCUT2D eigenvalue weighted by Crippen LogP contribution is 2.30. The van der Waals surface area contributed by atoms with Gasteiger partial charge in [0.1, 0.15) is 18.4 Å². The Kier molecular flexibility index (Phi) is 11.3. The van der Waals surface area contributed by atoms with Gasteiger partial charge in [-0.25, -0.2) is 12.8 Å². The first kappa shape index (κ1) is 32.1. The number of hydrogen-bond donors (Lipinski definition) is 1. The zero-order valence-electron chi connectivity index (χ0n) is 23.9. The maximum absolute atomic E-state index is 14.1. The average Bonchev–Trinajstić information content (AvgIpc) is 2.94. The summed E-state index contributed by atoms with van der Waals surface area (Å²) in [7, 11) is -4.21. The lowest BCUT2D eigenvalue weighted by Gasteiger charge is -2.33. The minimum absolute atomic E-state index is 0.00817. The second-order valence-corrected chi connectivity index (χ2v) is 12.3. The molecule has 3 aromatic rings. The molecule has 0 aliphatic rings. The number of sulfonamides is 1. The topological polar surface area (TPSA) is 86.8 Å². The Morgan fingerprint density at radius 1 is 0.976 bits per heavy atom. The van der Waals surface area contributed by atoms with E-state index in [2.05, 4.69) is 5.32 Å². The van der Waals surface area contributed by atoms with Gasteiger partial charge in [0.15, 0.2) is 0 Å². The first-order valence-electron chi connectivity index (χ1n) is 13.6. The predicted molar refractivity (Wildman–Crippen MR) is 161 cm³/mol. The number of nitrogens with zero attached hydrogens (tertiary/aromatic N) is 2. The lowest BCUT2D eigenvalue weighted by atomic mass is 10.1. The minimum Gasteiger partial charge on any atom is -0.354 e. The van der Waals surface area contributed by atoms with Gasteiger partial charge in [-0.15, -0.1) is 0 Å². The number of unbranched alkanes of at least 4 members (excludes halogenated alkanes) is 1. The standard InChI is InChI=1S/C31H37ClFN3O4S/c1-5-7-18-34-31(38)28(6-2)35(20-24-11-14-26(33)15-12-24)30(37)21-36(29-19-25(32)13-10-23(29)4)41(39,40)27-16-8-22(3)9-17-27/h8-17,19,28H,5-7,18,20-21H2,1-4H3,(H,34,38). The van der Waals surface area contributed by atoms with Crippen LogP contribution >= 0.6 is 11.6 Å². The molecule has 0 aromatic heterocycles. The Labute approximate surface area is 247 Å². The molecule has 0 saturated heterocycles. The summed E-state index contributed by atoms with van der Waals surface area (Å²) in [5, 5.41) is 3.20. The van der Waals surface area contributed by atoms with Crippen LogP contribution in [-0.4, -0.2) is 44.3 Å². The van der Waals surface area contributed by atoms with Crippen LogP contribution in [0, 0.1) is 19.7 Å². The molecule has 1 N–H and O–H groups in total. The molecule has 1 unspecified atom stereocenters. The zero-order valence-corrected chi connectivity index (χ0v) is 25.4. The van der Waals surface area contributed by atoms with Gasteiger partial charge < -0.3 is 10.2 Å². The summed E-state index contributed by atoms with van der Waals surface area (Å²) in [5.74, 6) is -1.34. The summed E-state index contributed by atoms with van der Waals surface area (Å²) < 4.78 is 42.7. The van der Waals surface area contributed by atoms with Crippen molar-refractivity contribution < 1.29 is 22.4 Å². The maximum Gasteiger partial charge on any atom is 0.264 e. The van der Waals surface area contributed by atoms with Crippen LogP contribution in [0.4, 0.5) is 10.1 Å². The van der Waals surface area contributed by atoms with Crippen molar-refractivity contribution in [2.24, 2.45) is 0 Å². The first-order chi connectivity index (χ1) is 19.5. The summed E-state index contributed by atoms with van der Waals surface area (Å²) in [6.45, 7) is 7.26. The van der Waals surface area contributed by atoms with Crippen LogP contribution in [0.15, 0.2) is 71.6 Å². The highest BCUT2D eigenvalue weighted by molar-refractivity contribution is 7.92. The van der Waals surface area contributed by atoms with Crippen LogP contribution in [0.5, 0.6) is 0 Å². The number of amides is 2. The number of halogens is 2. The Morgan fingerprint density at radius 2 is 1.63 bits per heavy atom. The van der Waals surface area contributed by atoms with Crippen LogP contribution in [0.25, 0.3) is 0 Å². The first-order valence-corrected chi connectivity index (χ1v) is 15.5. The van der Waals surface area contributed by atoms with E-state index >= 15 is 0 Å². The zero-order chi connectivity index (χ0) is 30.2. The van der Waals surface area contributed by atoms with Crippen molar-refractivity contribution in [3.05, 3.63) is 94.3 Å². The number of anilines is 1. The molecular formula is C31H37ClFN3O4S. The van der Waals surface area contributed by atoms with Crippen molar-refractivity contribution in [3.8, 4) is 0 Å². The van der Waals surface area contributed by atoms with Gasteiger partial charge in [0.2, 0.25) is 11.8 Å². The molecule has 0 aliphatic heterocycles. The van der Waals surface area contributed by atoms with Crippen molar-refractivity contribution in [3.63, 3.8) is 0 Å². The molecule has 0 fully saturated rings. The monoisotopic (exact) mass is 601 g/mol. The van der Waals surface area contributed by atoms with Gasteiger partial charge in [0.25, 0.3) is 10.0 Å². The van der Waals surface area contributed by atoms with E-state index in [1.54, 1.807) is 50.2 Å². The molecule has 0 saturated carbocycles. The van der Waals surface area contributed by atoms with Crippen LogP contribution in [0.2, 0.25) is 5.02 Å². The molecule has 10 heteroatoms. The molecule has 41 heavy (non-hydrogen) atoms. The van der Waals surface area contributed by atoms with Crippen LogP contribution in [0.3, 0.4) is 0 Å². The third kappa shape index (κ3) is 8.30. The van der Waals surface area contributed by atoms with E-state index in [1.807, 2.05) is 13.8 Å². The van der Waals surface area contributed by atoms with Gasteiger partial charge in [-0.05, 0) is 74.2 Å². The van der Waals surface area contributed by atoms with E-state index in [-0.39, 0.29) is 23.0 Å². The molecule has 7 nitrogen and oxygen atoms in total. The van der Waals surface area contributed by atoms with Crippen molar-refractivity contribution in [1.29, 1.82) is 0 Å². The lowest BCUT2D eigenvalue weighted by molar-refractivity contribution is -0.140. The summed E-state index contributed by atoms with van der Waals surface area (Å²) in [6, 6.07) is 16.0. The van der Waals surface area contributed by atoms with Gasteiger partial charge in [0, 0.05) is 18.1 Å². The molecule has 0 bridgehead atoms. The second-order valence-electron chi connectivity index (χ2n) is 9.97. The van der Waals surface area contributed by atoms with Gasteiger partial charge in [-0.1, -0.05) is 67.8 Å². The minimum atomic E-state index is -4.21. The normalized spacial score (nSPS) is 12.0. The molecular weight excluding hydrogens is 565 g/mol. The number of carbonyl (C=O) groups is 2. The fourth-order valence-electron chi connectivity index (χ4n) is 4.41. The fourth-order valence-corrected chi connectivity index (χ4v) is 6.05. The number of nitrogens with one attached hydrogen (secondary N) is 1. The van der Waals surface area contributed by atoms with Crippen LogP contribution < -0.4 is 9.62 Å². The number of carbonyl (C=O) groups excluding carboxylic acids is 2. The van der Waals surface area contributed by atoms with Crippen molar-refractivity contribution in [2.45, 2.75) is 64.4 Å². The Balaban J connectivity index is 2.07. The third-order valence-electron chi connectivity index (χ3n) is 6.81. The molecule has 3 aromatic carbocycles. The smallest absolute Gasteiger partial charge is 0.264 e. The number of rotatable bonds is 13. The second kappa shape index (κ2) is 14.5. The molecule has 3 rings (SSSR count). The van der Waals surface area contributed by atoms with E-state index in [4.69, 9.17) is 11.6 Å². The lowest BCUT2D eigenvalue weighted by Crippen LogP contribution is -2.52. The highest BCUT2D eigenvalue weighted by atomic mass is 35.5. The van der Waals surface area contributed by atoms with Gasteiger partial charge in [-0.3, -0.25) is 13.9 Å². The van der Waals surface area contributed by atoms with Crippen molar-refractivity contribution in [1.82, 2.24) is 10.2 Å². The van der Waals surface area contributed by atoms with E-state index in [0.29, 0.717) is 29.1 Å². The number of aryl methyl sites for hydroxylation is 2. The predicted octanol–water partition coefficient (Wildman–Crippen LogP) is 6.01. The molecule has 2 amide bonds. The van der Waals surface area contributed by atoms with Gasteiger partial charge in [0.05, 0.1) is 10.6 Å². The molecule has 1 atom stereocenters. The third-order valence-corrected chi connectivity index (χ3v) is 8.82. The number of hydrogen-bond acceptors (Lipinski definition) is 4. The average molecular weight is 602 g/mol. The largest absolute Gasteiger partial charge is 0.354 e. The summed E-state index contributed by atoms with van der Waals surface area (Å²) >= 11 is 6.27. The Hall–Kier alpha value is -3.43. The fraction of sp³-hybridized carbons (Fsp3) is 0.355. The summed E-state index contributed by atoms with van der Waals surface area (Å²) in [6.07, 6.45) is 1.97. The van der Waals surface area contributed by atoms with E-state index in [9.17, 15) is 22.4 Å². The van der Waals surface area contributed by atoms with Crippen molar-refractivity contribution >= 4 is 39.1 Å². The molecule has 0 spiro atoms. The molecule has 0 radical (unpaired) electrons. The molecule has 0 heterocycles. The molecule has 220 valence electrons. The summed E-state index contributed by atoms with van der Waals surface area (Å²) in [5.41, 5.74) is 2.35. The SMILES string of the molecule is CCCCNC(=O)C(CC)N(Cc1ccc(F)cc1)C(=O)CN(c1cc(Cl)ccc1C)S(=O)(=O)c1ccc(C)cc1.